The van der Waals surface area contributed by atoms with Crippen molar-refractivity contribution >= 4 is 11.1 Å². The van der Waals surface area contributed by atoms with Crippen LogP contribution in [0.25, 0.3) is 11.1 Å². The SMILES string of the molecule is CC(C)c1nc2cc([C@H](C)N[C@H]3CCC[C@@H]3O)cc(C(F)(F)F)c2o1. The summed E-state index contributed by atoms with van der Waals surface area (Å²) in [5, 5.41) is 13.2. The monoisotopic (exact) mass is 356 g/mol. The number of hydrogen-bond acceptors (Lipinski definition) is 4. The van der Waals surface area contributed by atoms with Crippen LogP contribution in [-0.4, -0.2) is 22.2 Å². The van der Waals surface area contributed by atoms with E-state index in [1.165, 1.54) is 0 Å². The highest BCUT2D eigenvalue weighted by molar-refractivity contribution is 5.78. The molecule has 4 nitrogen and oxygen atoms in total. The minimum atomic E-state index is -4.52. The van der Waals surface area contributed by atoms with Crippen LogP contribution in [0.15, 0.2) is 16.5 Å². The first-order valence-electron chi connectivity index (χ1n) is 8.62. The predicted molar refractivity (Wildman–Crippen MR) is 88.3 cm³/mol. The lowest BCUT2D eigenvalue weighted by Gasteiger charge is -2.23. The molecule has 138 valence electrons. The molecule has 1 heterocycles. The van der Waals surface area contributed by atoms with E-state index in [0.29, 0.717) is 11.5 Å². The van der Waals surface area contributed by atoms with Crippen LogP contribution in [0.3, 0.4) is 0 Å². The zero-order valence-electron chi connectivity index (χ0n) is 14.5. The van der Waals surface area contributed by atoms with Crippen LogP contribution in [-0.2, 0) is 6.18 Å². The standard InChI is InChI=1S/C18H23F3N2O2/c1-9(2)17-23-14-8-11(7-12(16(14)25-17)18(19,20)21)10(3)22-13-5-4-6-15(13)24/h7-10,13,15,22,24H,4-6H2,1-3H3/t10-,13-,15-/m0/s1. The Kier molecular flexibility index (Phi) is 4.81. The predicted octanol–water partition coefficient (Wildman–Crippen LogP) is 4.53. The molecule has 1 saturated carbocycles. The lowest BCUT2D eigenvalue weighted by Crippen LogP contribution is -2.37. The van der Waals surface area contributed by atoms with Gasteiger partial charge in [-0.15, -0.1) is 0 Å². The number of benzene rings is 1. The summed E-state index contributed by atoms with van der Waals surface area (Å²) in [7, 11) is 0. The molecule has 7 heteroatoms. The van der Waals surface area contributed by atoms with Gasteiger partial charge in [-0.3, -0.25) is 0 Å². The third-order valence-corrected chi connectivity index (χ3v) is 4.77. The average Bonchev–Trinajstić information content (AvgIpc) is 3.11. The number of aliphatic hydroxyl groups excluding tert-OH is 1. The highest BCUT2D eigenvalue weighted by Crippen LogP contribution is 2.38. The quantitative estimate of drug-likeness (QED) is 0.845. The summed E-state index contributed by atoms with van der Waals surface area (Å²) in [5.41, 5.74) is -0.315. The summed E-state index contributed by atoms with van der Waals surface area (Å²) in [6.07, 6.45) is -2.51. The Balaban J connectivity index is 2.00. The second-order valence-electron chi connectivity index (χ2n) is 7.11. The minimum Gasteiger partial charge on any atom is -0.440 e. The average molecular weight is 356 g/mol. The van der Waals surface area contributed by atoms with Crippen molar-refractivity contribution < 1.29 is 22.7 Å². The molecule has 0 amide bonds. The number of aliphatic hydroxyl groups is 1. The van der Waals surface area contributed by atoms with Crippen molar-refractivity contribution in [2.75, 3.05) is 0 Å². The van der Waals surface area contributed by atoms with E-state index in [2.05, 4.69) is 10.3 Å². The zero-order chi connectivity index (χ0) is 18.4. The fourth-order valence-corrected chi connectivity index (χ4v) is 3.33. The molecule has 0 bridgehead atoms. The molecule has 2 N–H and O–H groups in total. The highest BCUT2D eigenvalue weighted by Gasteiger charge is 2.36. The van der Waals surface area contributed by atoms with E-state index in [0.717, 1.165) is 25.3 Å². The van der Waals surface area contributed by atoms with E-state index in [4.69, 9.17) is 4.42 Å². The molecule has 3 rings (SSSR count). The zero-order valence-corrected chi connectivity index (χ0v) is 14.5. The Morgan fingerprint density at radius 2 is 1.96 bits per heavy atom. The molecule has 1 aromatic carbocycles. The first-order chi connectivity index (χ1) is 11.7. The number of halogens is 3. The van der Waals surface area contributed by atoms with Crippen molar-refractivity contribution in [3.63, 3.8) is 0 Å². The van der Waals surface area contributed by atoms with E-state index < -0.39 is 17.8 Å². The summed E-state index contributed by atoms with van der Waals surface area (Å²) in [6, 6.07) is 2.33. The smallest absolute Gasteiger partial charge is 0.420 e. The van der Waals surface area contributed by atoms with Crippen molar-refractivity contribution in [2.45, 2.75) is 70.3 Å². The Bertz CT molecular complexity index is 755. The number of alkyl halides is 3. The van der Waals surface area contributed by atoms with Crippen LogP contribution in [0.1, 0.15) is 69.0 Å². The number of hydrogen-bond donors (Lipinski definition) is 2. The molecule has 0 spiro atoms. The summed E-state index contributed by atoms with van der Waals surface area (Å²) in [5.74, 6) is 0.200. The highest BCUT2D eigenvalue weighted by atomic mass is 19.4. The van der Waals surface area contributed by atoms with E-state index in [1.807, 2.05) is 13.8 Å². The van der Waals surface area contributed by atoms with Gasteiger partial charge in [-0.25, -0.2) is 4.98 Å². The third-order valence-electron chi connectivity index (χ3n) is 4.77. The number of nitrogens with one attached hydrogen (secondary N) is 1. The number of fused-ring (bicyclic) bond motifs is 1. The van der Waals surface area contributed by atoms with Gasteiger partial charge in [0, 0.05) is 18.0 Å². The van der Waals surface area contributed by atoms with Crippen LogP contribution in [0, 0.1) is 0 Å². The van der Waals surface area contributed by atoms with E-state index >= 15 is 0 Å². The van der Waals surface area contributed by atoms with E-state index in [-0.39, 0.29) is 29.1 Å². The molecule has 3 atom stereocenters. The number of rotatable bonds is 4. The first-order valence-corrected chi connectivity index (χ1v) is 8.62. The number of oxazole rings is 1. The van der Waals surface area contributed by atoms with Gasteiger partial charge in [0.05, 0.1) is 6.10 Å². The maximum atomic E-state index is 13.5. The van der Waals surface area contributed by atoms with Gasteiger partial charge >= 0.3 is 6.18 Å². The molecule has 0 aliphatic heterocycles. The van der Waals surface area contributed by atoms with E-state index in [1.54, 1.807) is 13.0 Å². The molecule has 1 fully saturated rings. The Morgan fingerprint density at radius 1 is 1.24 bits per heavy atom. The molecule has 0 radical (unpaired) electrons. The van der Waals surface area contributed by atoms with Gasteiger partial charge in [0.1, 0.15) is 11.1 Å². The second-order valence-corrected chi connectivity index (χ2v) is 7.11. The van der Waals surface area contributed by atoms with Gasteiger partial charge in [0.25, 0.3) is 0 Å². The van der Waals surface area contributed by atoms with Crippen LogP contribution in [0.5, 0.6) is 0 Å². The number of aromatic nitrogens is 1. The summed E-state index contributed by atoms with van der Waals surface area (Å²) in [4.78, 5) is 4.23. The molecule has 1 aromatic heterocycles. The summed E-state index contributed by atoms with van der Waals surface area (Å²) >= 11 is 0. The van der Waals surface area contributed by atoms with Crippen LogP contribution >= 0.6 is 0 Å². The molecular formula is C18H23F3N2O2. The fourth-order valence-electron chi connectivity index (χ4n) is 3.33. The maximum Gasteiger partial charge on any atom is 0.420 e. The van der Waals surface area contributed by atoms with Crippen molar-refractivity contribution in [2.24, 2.45) is 0 Å². The Morgan fingerprint density at radius 3 is 2.52 bits per heavy atom. The molecule has 0 unspecified atom stereocenters. The lowest BCUT2D eigenvalue weighted by molar-refractivity contribution is -0.136. The molecular weight excluding hydrogens is 333 g/mol. The van der Waals surface area contributed by atoms with Crippen LogP contribution in [0.4, 0.5) is 13.2 Å². The van der Waals surface area contributed by atoms with Gasteiger partial charge in [0.15, 0.2) is 11.5 Å². The first kappa shape index (κ1) is 18.2. The van der Waals surface area contributed by atoms with Gasteiger partial charge in [-0.2, -0.15) is 13.2 Å². The van der Waals surface area contributed by atoms with Crippen molar-refractivity contribution in [3.8, 4) is 0 Å². The van der Waals surface area contributed by atoms with Crippen molar-refractivity contribution in [1.29, 1.82) is 0 Å². The normalized spacial score (nSPS) is 22.9. The van der Waals surface area contributed by atoms with E-state index in [9.17, 15) is 18.3 Å². The van der Waals surface area contributed by atoms with Gasteiger partial charge in [-0.1, -0.05) is 13.8 Å². The lowest BCUT2D eigenvalue weighted by atomic mass is 10.0. The topological polar surface area (TPSA) is 58.3 Å². The second kappa shape index (κ2) is 6.61. The third kappa shape index (κ3) is 3.67. The molecule has 1 aliphatic carbocycles. The maximum absolute atomic E-state index is 13.5. The van der Waals surface area contributed by atoms with Gasteiger partial charge in [-0.05, 0) is 43.9 Å². The molecule has 2 aromatic rings. The van der Waals surface area contributed by atoms with Gasteiger partial charge < -0.3 is 14.8 Å². The summed E-state index contributed by atoms with van der Waals surface area (Å²) in [6.45, 7) is 5.45. The number of nitrogens with zero attached hydrogens (tertiary/aromatic N) is 1. The minimum absolute atomic E-state index is 0.0939. The molecule has 0 saturated heterocycles. The fraction of sp³-hybridized carbons (Fsp3) is 0.611. The van der Waals surface area contributed by atoms with Crippen molar-refractivity contribution in [1.82, 2.24) is 10.3 Å². The largest absolute Gasteiger partial charge is 0.440 e. The Labute approximate surface area is 144 Å². The molecule has 1 aliphatic rings. The van der Waals surface area contributed by atoms with Gasteiger partial charge in [0.2, 0.25) is 0 Å². The Hall–Kier alpha value is -1.60. The summed E-state index contributed by atoms with van der Waals surface area (Å²) < 4.78 is 45.9. The van der Waals surface area contributed by atoms with Crippen LogP contribution in [0.2, 0.25) is 0 Å². The molecule has 25 heavy (non-hydrogen) atoms. The van der Waals surface area contributed by atoms with Crippen LogP contribution < -0.4 is 5.32 Å². The van der Waals surface area contributed by atoms with Crippen molar-refractivity contribution in [3.05, 3.63) is 29.2 Å².